The van der Waals surface area contributed by atoms with Crippen LogP contribution < -0.4 is 5.32 Å². The lowest BCUT2D eigenvalue weighted by Crippen LogP contribution is -2.65. The molecule has 1 unspecified atom stereocenters. The van der Waals surface area contributed by atoms with E-state index >= 15 is 0 Å². The van der Waals surface area contributed by atoms with E-state index < -0.39 is 86.8 Å². The SMILES string of the molecule is CCCCCCCCCCCCC/C=C/[C@@H](O)[C@H](CO[C@@H]1O[C@H](CO)[C@@H](O[C@@H]2O[C@H](CO)[C@H](O)[C@H](O)[C@H]2O)[C@H](O)C1O)NC(=O)CCCCCCCCCCC. The van der Waals surface area contributed by atoms with Crippen molar-refractivity contribution in [3.05, 3.63) is 12.2 Å². The second-order valence-corrected chi connectivity index (χ2v) is 15.8. The predicted molar refractivity (Wildman–Crippen MR) is 212 cm³/mol. The molecule has 2 saturated heterocycles. The number of nitrogens with one attached hydrogen (secondary N) is 1. The average molecular weight is 806 g/mol. The van der Waals surface area contributed by atoms with Gasteiger partial charge in [0.05, 0.1) is 32.0 Å². The molecule has 0 aromatic rings. The number of hydrogen-bond acceptors (Lipinski definition) is 13. The zero-order valence-corrected chi connectivity index (χ0v) is 34.4. The Morgan fingerprint density at radius 1 is 0.625 bits per heavy atom. The third-order valence-electron chi connectivity index (χ3n) is 11.0. The number of amides is 1. The minimum atomic E-state index is -1.78. The number of ether oxygens (including phenoxy) is 4. The van der Waals surface area contributed by atoms with E-state index in [1.165, 1.54) is 89.9 Å². The Hall–Kier alpha value is -1.27. The molecule has 2 fully saturated rings. The molecule has 0 radical (unpaired) electrons. The molecule has 2 aliphatic heterocycles. The summed E-state index contributed by atoms with van der Waals surface area (Å²) >= 11 is 0. The molecule has 2 heterocycles. The minimum Gasteiger partial charge on any atom is -0.394 e. The summed E-state index contributed by atoms with van der Waals surface area (Å²) in [5.41, 5.74) is 0. The molecule has 0 bridgehead atoms. The van der Waals surface area contributed by atoms with Crippen LogP contribution in [0.5, 0.6) is 0 Å². The molecule has 2 rings (SSSR count). The van der Waals surface area contributed by atoms with Gasteiger partial charge in [-0.25, -0.2) is 0 Å². The number of hydrogen-bond donors (Lipinski definition) is 9. The summed E-state index contributed by atoms with van der Waals surface area (Å²) in [4.78, 5) is 13.0. The normalized spacial score (nSPS) is 29.5. The molecule has 330 valence electrons. The van der Waals surface area contributed by atoms with Crippen LogP contribution in [0.25, 0.3) is 0 Å². The number of carbonyl (C=O) groups is 1. The zero-order chi connectivity index (χ0) is 41.1. The highest BCUT2D eigenvalue weighted by molar-refractivity contribution is 5.76. The monoisotopic (exact) mass is 806 g/mol. The molecule has 0 spiro atoms. The Bertz CT molecular complexity index is 1000. The minimum absolute atomic E-state index is 0.245. The highest BCUT2D eigenvalue weighted by atomic mass is 16.7. The Morgan fingerprint density at radius 2 is 1.11 bits per heavy atom. The van der Waals surface area contributed by atoms with Gasteiger partial charge in [-0.1, -0.05) is 142 Å². The average Bonchev–Trinajstić information content (AvgIpc) is 3.19. The molecular weight excluding hydrogens is 726 g/mol. The molecule has 9 N–H and O–H groups in total. The van der Waals surface area contributed by atoms with E-state index in [1.54, 1.807) is 6.08 Å². The summed E-state index contributed by atoms with van der Waals surface area (Å²) in [6, 6.07) is -0.904. The topological polar surface area (TPSA) is 228 Å². The first kappa shape index (κ1) is 50.9. The molecule has 14 nitrogen and oxygen atoms in total. The Labute approximate surface area is 336 Å². The molecule has 0 aromatic carbocycles. The highest BCUT2D eigenvalue weighted by Crippen LogP contribution is 2.30. The molecule has 12 atom stereocenters. The summed E-state index contributed by atoms with van der Waals surface area (Å²) < 4.78 is 22.6. The maximum Gasteiger partial charge on any atom is 0.220 e. The molecule has 0 aliphatic carbocycles. The molecule has 0 saturated carbocycles. The van der Waals surface area contributed by atoms with Gasteiger partial charge >= 0.3 is 0 Å². The number of aliphatic hydroxyl groups excluding tert-OH is 8. The van der Waals surface area contributed by atoms with Crippen LogP contribution in [-0.2, 0) is 23.7 Å². The van der Waals surface area contributed by atoms with Crippen molar-refractivity contribution < 1.29 is 64.6 Å². The smallest absolute Gasteiger partial charge is 0.220 e. The summed E-state index contributed by atoms with van der Waals surface area (Å²) in [6.45, 7) is 2.72. The number of allylic oxidation sites excluding steroid dienone is 1. The molecule has 0 aromatic heterocycles. The summed E-state index contributed by atoms with van der Waals surface area (Å²) in [5.74, 6) is -0.245. The largest absolute Gasteiger partial charge is 0.394 e. The van der Waals surface area contributed by atoms with Gasteiger partial charge in [0.2, 0.25) is 5.91 Å². The van der Waals surface area contributed by atoms with E-state index in [1.807, 2.05) is 6.08 Å². The van der Waals surface area contributed by atoms with Gasteiger partial charge < -0.3 is 65.1 Å². The van der Waals surface area contributed by atoms with Crippen LogP contribution in [0.2, 0.25) is 0 Å². The van der Waals surface area contributed by atoms with Gasteiger partial charge in [-0.05, 0) is 19.3 Å². The van der Waals surface area contributed by atoms with Crippen molar-refractivity contribution in [1.29, 1.82) is 0 Å². The molecular formula is C42H79NO13. The summed E-state index contributed by atoms with van der Waals surface area (Å²) in [6.07, 6.45) is 11.3. The van der Waals surface area contributed by atoms with Gasteiger partial charge in [0.15, 0.2) is 12.6 Å². The van der Waals surface area contributed by atoms with E-state index in [2.05, 4.69) is 19.2 Å². The maximum atomic E-state index is 13.0. The van der Waals surface area contributed by atoms with E-state index in [9.17, 15) is 45.6 Å². The van der Waals surface area contributed by atoms with Gasteiger partial charge in [-0.3, -0.25) is 4.79 Å². The van der Waals surface area contributed by atoms with Crippen molar-refractivity contribution >= 4 is 5.91 Å². The fraction of sp³-hybridized carbons (Fsp3) is 0.929. The van der Waals surface area contributed by atoms with Crippen molar-refractivity contribution in [1.82, 2.24) is 5.32 Å². The fourth-order valence-corrected chi connectivity index (χ4v) is 7.29. The first-order valence-corrected chi connectivity index (χ1v) is 21.9. The zero-order valence-electron chi connectivity index (χ0n) is 34.4. The maximum absolute atomic E-state index is 13.0. The lowest BCUT2D eigenvalue weighted by atomic mass is 9.97. The van der Waals surface area contributed by atoms with Crippen molar-refractivity contribution in [2.24, 2.45) is 0 Å². The van der Waals surface area contributed by atoms with Gasteiger partial charge in [-0.15, -0.1) is 0 Å². The quantitative estimate of drug-likeness (QED) is 0.0350. The van der Waals surface area contributed by atoms with Gasteiger partial charge in [0, 0.05) is 6.42 Å². The molecule has 1 amide bonds. The third-order valence-corrected chi connectivity index (χ3v) is 11.0. The first-order valence-electron chi connectivity index (χ1n) is 21.9. The van der Waals surface area contributed by atoms with Crippen molar-refractivity contribution in [2.75, 3.05) is 19.8 Å². The molecule has 56 heavy (non-hydrogen) atoms. The standard InChI is InChI=1S/C42H79NO13/c1-3-5-7-9-11-13-14-15-16-18-19-21-23-25-31(46)30(43-34(47)26-24-22-20-17-12-10-8-6-4-2)29-53-41-39(52)37(50)40(33(28-45)55-41)56-42-38(51)36(49)35(48)32(27-44)54-42/h23,25,30-33,35-42,44-46,48-52H,3-22,24,26-29H2,1-2H3,(H,43,47)/b25-23+/t30-,31+,32+,33+,35-,36-,37+,38+,39?,40+,41+,42-/m0/s1. The Kier molecular flexibility index (Phi) is 27.9. The summed E-state index contributed by atoms with van der Waals surface area (Å²) in [7, 11) is 0. The number of aliphatic hydroxyl groups is 8. The van der Waals surface area contributed by atoms with Crippen LogP contribution in [0.4, 0.5) is 0 Å². The predicted octanol–water partition coefficient (Wildman–Crippen LogP) is 3.65. The van der Waals surface area contributed by atoms with Gasteiger partial charge in [-0.2, -0.15) is 0 Å². The molecule has 2 aliphatic rings. The third kappa shape index (κ3) is 19.2. The van der Waals surface area contributed by atoms with Gasteiger partial charge in [0.25, 0.3) is 0 Å². The first-order chi connectivity index (χ1) is 27.1. The van der Waals surface area contributed by atoms with Crippen molar-refractivity contribution in [3.8, 4) is 0 Å². The second-order valence-electron chi connectivity index (χ2n) is 15.8. The van der Waals surface area contributed by atoms with Crippen LogP contribution in [-0.4, -0.2) is 140 Å². The fourth-order valence-electron chi connectivity index (χ4n) is 7.29. The van der Waals surface area contributed by atoms with Gasteiger partial charge in [0.1, 0.15) is 48.8 Å². The van der Waals surface area contributed by atoms with Crippen molar-refractivity contribution in [2.45, 2.75) is 229 Å². The van der Waals surface area contributed by atoms with Crippen molar-refractivity contribution in [3.63, 3.8) is 0 Å². The second kappa shape index (κ2) is 30.7. The van der Waals surface area contributed by atoms with E-state index in [-0.39, 0.29) is 18.9 Å². The van der Waals surface area contributed by atoms with E-state index in [4.69, 9.17) is 18.9 Å². The lowest BCUT2D eigenvalue weighted by Gasteiger charge is -2.46. The van der Waals surface area contributed by atoms with Crippen LogP contribution in [0.3, 0.4) is 0 Å². The van der Waals surface area contributed by atoms with Crippen LogP contribution in [0.1, 0.15) is 155 Å². The Morgan fingerprint density at radius 3 is 1.64 bits per heavy atom. The number of unbranched alkanes of at least 4 members (excludes halogenated alkanes) is 19. The summed E-state index contributed by atoms with van der Waals surface area (Å²) in [5, 5.41) is 86.2. The lowest BCUT2D eigenvalue weighted by molar-refractivity contribution is -0.359. The molecule has 14 heteroatoms. The van der Waals surface area contributed by atoms with Crippen LogP contribution in [0, 0.1) is 0 Å². The van der Waals surface area contributed by atoms with E-state index in [0.29, 0.717) is 6.42 Å². The van der Waals surface area contributed by atoms with Crippen LogP contribution >= 0.6 is 0 Å². The van der Waals surface area contributed by atoms with Crippen LogP contribution in [0.15, 0.2) is 12.2 Å². The Balaban J connectivity index is 1.93. The number of carbonyl (C=O) groups excluding carboxylic acids is 1. The highest BCUT2D eigenvalue weighted by Gasteiger charge is 2.50. The number of rotatable bonds is 32. The van der Waals surface area contributed by atoms with E-state index in [0.717, 1.165) is 38.5 Å².